The second-order valence-electron chi connectivity index (χ2n) is 5.30. The average Bonchev–Trinajstić information content (AvgIpc) is 2.21. The lowest BCUT2D eigenvalue weighted by molar-refractivity contribution is 0.489. The zero-order chi connectivity index (χ0) is 12.3. The van der Waals surface area contributed by atoms with Crippen LogP contribution in [0.2, 0.25) is 0 Å². The van der Waals surface area contributed by atoms with Gasteiger partial charge in [0.05, 0.1) is 0 Å². The highest BCUT2D eigenvalue weighted by atomic mass is 14.6. The quantitative estimate of drug-likeness (QED) is 0.745. The van der Waals surface area contributed by atoms with Gasteiger partial charge in [0.1, 0.15) is 0 Å². The summed E-state index contributed by atoms with van der Waals surface area (Å²) < 4.78 is 0. The molecule has 2 N–H and O–H groups in total. The number of hydrogen-bond acceptors (Lipinski definition) is 1. The summed E-state index contributed by atoms with van der Waals surface area (Å²) in [6.07, 6.45) is 2.47. The maximum Gasteiger partial charge on any atom is 0.0373 e. The largest absolute Gasteiger partial charge is 0.398 e. The molecule has 0 saturated carbocycles. The number of benzene rings is 1. The summed E-state index contributed by atoms with van der Waals surface area (Å²) in [5.41, 5.74) is 10.8. The number of anilines is 1. The Balaban J connectivity index is 3.01. The number of rotatable bonds is 4. The number of nitrogen functional groups attached to an aromatic ring is 1. The van der Waals surface area contributed by atoms with Crippen LogP contribution >= 0.6 is 0 Å². The van der Waals surface area contributed by atoms with E-state index < -0.39 is 0 Å². The van der Waals surface area contributed by atoms with Gasteiger partial charge in [-0.2, -0.15) is 0 Å². The van der Waals surface area contributed by atoms with Crippen LogP contribution in [0.25, 0.3) is 0 Å². The summed E-state index contributed by atoms with van der Waals surface area (Å²) in [4.78, 5) is 0. The van der Waals surface area contributed by atoms with Crippen LogP contribution in [0, 0.1) is 19.8 Å². The maximum absolute atomic E-state index is 5.99. The average molecular weight is 219 g/mol. The van der Waals surface area contributed by atoms with Crippen LogP contribution in [0.5, 0.6) is 0 Å². The van der Waals surface area contributed by atoms with E-state index in [-0.39, 0.29) is 0 Å². The van der Waals surface area contributed by atoms with Gasteiger partial charge in [-0.1, -0.05) is 32.9 Å². The Bertz CT molecular complexity index is 329. The van der Waals surface area contributed by atoms with Crippen molar-refractivity contribution in [2.75, 3.05) is 5.73 Å². The molecule has 0 aromatic heterocycles. The fraction of sp³-hybridized carbons (Fsp3) is 0.600. The fourth-order valence-electron chi connectivity index (χ4n) is 2.35. The fourth-order valence-corrected chi connectivity index (χ4v) is 2.35. The topological polar surface area (TPSA) is 26.0 Å². The molecule has 0 heterocycles. The molecule has 16 heavy (non-hydrogen) atoms. The lowest BCUT2D eigenvalue weighted by atomic mass is 9.86. The summed E-state index contributed by atoms with van der Waals surface area (Å²) in [6.45, 7) is 11.1. The summed E-state index contributed by atoms with van der Waals surface area (Å²) in [7, 11) is 0. The molecule has 1 rings (SSSR count). The van der Waals surface area contributed by atoms with Gasteiger partial charge in [0.2, 0.25) is 0 Å². The number of hydrogen-bond donors (Lipinski definition) is 1. The van der Waals surface area contributed by atoms with Crippen LogP contribution in [-0.2, 0) is 0 Å². The summed E-state index contributed by atoms with van der Waals surface area (Å²) in [6, 6.07) is 4.53. The SMILES string of the molecule is CCC(CC(C)C)c1cc(C)c(N)c(C)c1. The highest BCUT2D eigenvalue weighted by Crippen LogP contribution is 2.30. The van der Waals surface area contributed by atoms with Crippen LogP contribution in [0.1, 0.15) is 56.2 Å². The van der Waals surface area contributed by atoms with E-state index in [0.717, 1.165) is 11.6 Å². The zero-order valence-corrected chi connectivity index (χ0v) is 11.3. The van der Waals surface area contributed by atoms with Gasteiger partial charge in [0, 0.05) is 5.69 Å². The number of aryl methyl sites for hydroxylation is 2. The van der Waals surface area contributed by atoms with Crippen LogP contribution in [-0.4, -0.2) is 0 Å². The lowest BCUT2D eigenvalue weighted by Gasteiger charge is -2.19. The van der Waals surface area contributed by atoms with Crippen LogP contribution in [0.3, 0.4) is 0 Å². The van der Waals surface area contributed by atoms with Gasteiger partial charge in [-0.15, -0.1) is 0 Å². The Hall–Kier alpha value is -0.980. The van der Waals surface area contributed by atoms with Crippen LogP contribution in [0.4, 0.5) is 5.69 Å². The van der Waals surface area contributed by atoms with E-state index in [9.17, 15) is 0 Å². The molecule has 1 aromatic carbocycles. The van der Waals surface area contributed by atoms with Gasteiger partial charge in [0.25, 0.3) is 0 Å². The third-order valence-electron chi connectivity index (χ3n) is 3.34. The summed E-state index contributed by atoms with van der Waals surface area (Å²) in [5.74, 6) is 1.43. The summed E-state index contributed by atoms with van der Waals surface area (Å²) in [5, 5.41) is 0. The van der Waals surface area contributed by atoms with Crippen LogP contribution in [0.15, 0.2) is 12.1 Å². The highest BCUT2D eigenvalue weighted by Gasteiger charge is 2.13. The maximum atomic E-state index is 5.99. The molecule has 0 fully saturated rings. The van der Waals surface area contributed by atoms with Crippen LogP contribution < -0.4 is 5.73 Å². The van der Waals surface area contributed by atoms with E-state index in [1.54, 1.807) is 0 Å². The molecular formula is C15H25N. The van der Waals surface area contributed by atoms with Gasteiger partial charge in [-0.05, 0) is 55.2 Å². The van der Waals surface area contributed by atoms with Gasteiger partial charge in [-0.3, -0.25) is 0 Å². The molecule has 0 radical (unpaired) electrons. The zero-order valence-electron chi connectivity index (χ0n) is 11.3. The smallest absolute Gasteiger partial charge is 0.0373 e. The predicted molar refractivity (Wildman–Crippen MR) is 72.8 cm³/mol. The van der Waals surface area contributed by atoms with Crippen molar-refractivity contribution in [3.63, 3.8) is 0 Å². The van der Waals surface area contributed by atoms with E-state index in [1.807, 2.05) is 0 Å². The number of nitrogens with two attached hydrogens (primary N) is 1. The Labute approximate surface area is 100 Å². The first kappa shape index (κ1) is 13.1. The molecule has 0 spiro atoms. The summed E-state index contributed by atoms with van der Waals surface area (Å²) >= 11 is 0. The third kappa shape index (κ3) is 3.01. The lowest BCUT2D eigenvalue weighted by Crippen LogP contribution is -2.04. The second-order valence-corrected chi connectivity index (χ2v) is 5.30. The third-order valence-corrected chi connectivity index (χ3v) is 3.34. The molecule has 1 nitrogen and oxygen atoms in total. The minimum absolute atomic E-state index is 0.679. The predicted octanol–water partition coefficient (Wildman–Crippen LogP) is 4.43. The van der Waals surface area contributed by atoms with E-state index in [2.05, 4.69) is 46.8 Å². The van der Waals surface area contributed by atoms with Crippen molar-refractivity contribution in [1.29, 1.82) is 0 Å². The van der Waals surface area contributed by atoms with Gasteiger partial charge in [0.15, 0.2) is 0 Å². The van der Waals surface area contributed by atoms with Crippen molar-refractivity contribution in [3.8, 4) is 0 Å². The molecule has 1 heteroatoms. The Kier molecular flexibility index (Phi) is 4.40. The molecule has 1 aromatic rings. The molecule has 1 unspecified atom stereocenters. The molecule has 0 aliphatic heterocycles. The van der Waals surface area contributed by atoms with Crippen molar-refractivity contribution in [2.24, 2.45) is 5.92 Å². The Morgan fingerprint density at radius 3 is 2.00 bits per heavy atom. The second kappa shape index (κ2) is 5.38. The van der Waals surface area contributed by atoms with Crippen molar-refractivity contribution in [2.45, 2.75) is 53.4 Å². The molecule has 0 aliphatic rings. The van der Waals surface area contributed by atoms with Gasteiger partial charge >= 0.3 is 0 Å². The minimum Gasteiger partial charge on any atom is -0.398 e. The van der Waals surface area contributed by atoms with E-state index >= 15 is 0 Å². The molecule has 1 atom stereocenters. The van der Waals surface area contributed by atoms with E-state index in [0.29, 0.717) is 5.92 Å². The highest BCUT2D eigenvalue weighted by molar-refractivity contribution is 5.54. The standard InChI is InChI=1S/C15H25N/c1-6-13(7-10(2)3)14-8-11(4)15(16)12(5)9-14/h8-10,13H,6-7,16H2,1-5H3. The first-order valence-electron chi connectivity index (χ1n) is 6.32. The van der Waals surface area contributed by atoms with Crippen molar-refractivity contribution in [3.05, 3.63) is 28.8 Å². The van der Waals surface area contributed by atoms with E-state index in [1.165, 1.54) is 29.5 Å². The molecular weight excluding hydrogens is 194 g/mol. The molecule has 0 aliphatic carbocycles. The molecule has 0 bridgehead atoms. The normalized spacial score (nSPS) is 13.1. The van der Waals surface area contributed by atoms with E-state index in [4.69, 9.17) is 5.73 Å². The first-order valence-corrected chi connectivity index (χ1v) is 6.32. The Morgan fingerprint density at radius 1 is 1.12 bits per heavy atom. The minimum atomic E-state index is 0.679. The van der Waals surface area contributed by atoms with Crippen molar-refractivity contribution < 1.29 is 0 Å². The monoisotopic (exact) mass is 219 g/mol. The Morgan fingerprint density at radius 2 is 1.62 bits per heavy atom. The molecule has 0 saturated heterocycles. The molecule has 90 valence electrons. The van der Waals surface area contributed by atoms with Crippen molar-refractivity contribution >= 4 is 5.69 Å². The van der Waals surface area contributed by atoms with Gasteiger partial charge < -0.3 is 5.73 Å². The molecule has 0 amide bonds. The van der Waals surface area contributed by atoms with Crippen molar-refractivity contribution in [1.82, 2.24) is 0 Å². The van der Waals surface area contributed by atoms with Gasteiger partial charge in [-0.25, -0.2) is 0 Å². The first-order chi connectivity index (χ1) is 7.45.